The lowest BCUT2D eigenvalue weighted by Gasteiger charge is -2.22. The van der Waals surface area contributed by atoms with Crippen molar-refractivity contribution in [2.24, 2.45) is 7.05 Å². The lowest BCUT2D eigenvalue weighted by molar-refractivity contribution is 0.0763. The number of benzene rings is 1. The van der Waals surface area contributed by atoms with Crippen LogP contribution in [0.3, 0.4) is 0 Å². The number of hydrogen-bond acceptors (Lipinski definition) is 4. The third-order valence-corrected chi connectivity index (χ3v) is 6.58. The third kappa shape index (κ3) is 3.52. The molecule has 0 bridgehead atoms. The van der Waals surface area contributed by atoms with E-state index in [4.69, 9.17) is 0 Å². The Morgan fingerprint density at radius 2 is 1.81 bits per heavy atom. The van der Waals surface area contributed by atoms with E-state index in [2.05, 4.69) is 4.98 Å². The van der Waals surface area contributed by atoms with Gasteiger partial charge in [0.05, 0.1) is 0 Å². The molecular weight excluding hydrogens is 352 g/mol. The maximum absolute atomic E-state index is 12.9. The van der Waals surface area contributed by atoms with Crippen LogP contribution in [0.2, 0.25) is 0 Å². The molecule has 0 radical (unpaired) electrons. The van der Waals surface area contributed by atoms with E-state index in [0.717, 1.165) is 5.56 Å². The Kier molecular flexibility index (Phi) is 5.15. The van der Waals surface area contributed by atoms with Gasteiger partial charge in [0.1, 0.15) is 5.82 Å². The number of hydrogen-bond donors (Lipinski definition) is 0. The number of sulfonamides is 1. The van der Waals surface area contributed by atoms with E-state index in [9.17, 15) is 13.2 Å². The first kappa shape index (κ1) is 18.6. The van der Waals surface area contributed by atoms with Crippen molar-refractivity contribution >= 4 is 15.9 Å². The standard InChI is InChI=1S/C18H24N4O3S/c1-14-7-4-5-8-16(14)18(23)21-9-6-10-22(12-11-21)26(24,25)17-13-20(3)15(2)19-17/h4-5,7-8,13H,6,9-12H2,1-3H3. The molecule has 1 aromatic carbocycles. The smallest absolute Gasteiger partial charge is 0.262 e. The summed E-state index contributed by atoms with van der Waals surface area (Å²) in [6.45, 7) is 5.25. The van der Waals surface area contributed by atoms with E-state index < -0.39 is 10.0 Å². The summed E-state index contributed by atoms with van der Waals surface area (Å²) in [5.41, 5.74) is 1.60. The van der Waals surface area contributed by atoms with Crippen LogP contribution in [-0.2, 0) is 17.1 Å². The van der Waals surface area contributed by atoms with Gasteiger partial charge in [0, 0.05) is 45.0 Å². The number of nitrogens with zero attached hydrogens (tertiary/aromatic N) is 4. The first-order valence-corrected chi connectivity index (χ1v) is 10.1. The second-order valence-electron chi connectivity index (χ2n) is 6.60. The van der Waals surface area contributed by atoms with Crippen LogP contribution in [-0.4, -0.2) is 59.3 Å². The van der Waals surface area contributed by atoms with Crippen LogP contribution in [0.1, 0.15) is 28.2 Å². The van der Waals surface area contributed by atoms with Crippen LogP contribution < -0.4 is 0 Å². The Morgan fingerprint density at radius 3 is 2.46 bits per heavy atom. The number of rotatable bonds is 3. The molecular formula is C18H24N4O3S. The molecule has 0 unspecified atom stereocenters. The molecule has 1 fully saturated rings. The molecule has 0 N–H and O–H groups in total. The molecule has 8 heteroatoms. The van der Waals surface area contributed by atoms with E-state index in [-0.39, 0.29) is 17.5 Å². The number of carbonyl (C=O) groups excluding carboxylic acids is 1. The summed E-state index contributed by atoms with van der Waals surface area (Å²) in [5, 5.41) is 0.0659. The van der Waals surface area contributed by atoms with Gasteiger partial charge in [0.15, 0.2) is 5.03 Å². The molecule has 1 aliphatic rings. The zero-order valence-electron chi connectivity index (χ0n) is 15.3. The summed E-state index contributed by atoms with van der Waals surface area (Å²) < 4.78 is 28.8. The number of aryl methyl sites for hydroxylation is 3. The second-order valence-corrected chi connectivity index (χ2v) is 8.49. The fourth-order valence-electron chi connectivity index (χ4n) is 3.10. The van der Waals surface area contributed by atoms with Crippen LogP contribution in [0.25, 0.3) is 0 Å². The minimum absolute atomic E-state index is 0.0453. The van der Waals surface area contributed by atoms with Crippen LogP contribution in [0.4, 0.5) is 0 Å². The Labute approximate surface area is 154 Å². The zero-order chi connectivity index (χ0) is 18.9. The van der Waals surface area contributed by atoms with Crippen molar-refractivity contribution in [2.75, 3.05) is 26.2 Å². The molecule has 1 saturated heterocycles. The number of carbonyl (C=O) groups is 1. The van der Waals surface area contributed by atoms with Gasteiger partial charge in [0.25, 0.3) is 15.9 Å². The summed E-state index contributed by atoms with van der Waals surface area (Å²) in [7, 11) is -1.88. The van der Waals surface area contributed by atoms with E-state index in [0.29, 0.717) is 37.4 Å². The first-order chi connectivity index (χ1) is 12.3. The highest BCUT2D eigenvalue weighted by atomic mass is 32.2. The maximum Gasteiger partial charge on any atom is 0.262 e. The van der Waals surface area contributed by atoms with Gasteiger partial charge in [-0.05, 0) is 31.9 Å². The van der Waals surface area contributed by atoms with E-state index in [1.54, 1.807) is 23.4 Å². The SMILES string of the molecule is Cc1ccccc1C(=O)N1CCCN(S(=O)(=O)c2cn(C)c(C)n2)CC1. The van der Waals surface area contributed by atoms with Crippen LogP contribution in [0.15, 0.2) is 35.5 Å². The molecule has 0 spiro atoms. The van der Waals surface area contributed by atoms with Gasteiger partial charge in [-0.15, -0.1) is 0 Å². The Hall–Kier alpha value is -2.19. The molecule has 7 nitrogen and oxygen atoms in total. The molecule has 140 valence electrons. The van der Waals surface area contributed by atoms with Crippen molar-refractivity contribution in [3.8, 4) is 0 Å². The molecule has 1 amide bonds. The monoisotopic (exact) mass is 376 g/mol. The summed E-state index contributed by atoms with van der Waals surface area (Å²) >= 11 is 0. The lowest BCUT2D eigenvalue weighted by Crippen LogP contribution is -2.37. The zero-order valence-corrected chi connectivity index (χ0v) is 16.2. The summed E-state index contributed by atoms with van der Waals surface area (Å²) in [5.74, 6) is 0.603. The fourth-order valence-corrected chi connectivity index (χ4v) is 4.60. The predicted octanol–water partition coefficient (Wildman–Crippen LogP) is 1.57. The van der Waals surface area contributed by atoms with Crippen molar-refractivity contribution in [1.82, 2.24) is 18.8 Å². The number of aromatic nitrogens is 2. The van der Waals surface area contributed by atoms with Crippen LogP contribution >= 0.6 is 0 Å². The Morgan fingerprint density at radius 1 is 1.08 bits per heavy atom. The van der Waals surface area contributed by atoms with Crippen molar-refractivity contribution in [3.05, 3.63) is 47.4 Å². The quantitative estimate of drug-likeness (QED) is 0.815. The van der Waals surface area contributed by atoms with E-state index >= 15 is 0 Å². The van der Waals surface area contributed by atoms with Gasteiger partial charge < -0.3 is 9.47 Å². The molecule has 0 atom stereocenters. The molecule has 26 heavy (non-hydrogen) atoms. The molecule has 3 rings (SSSR count). The molecule has 1 aliphatic heterocycles. The lowest BCUT2D eigenvalue weighted by atomic mass is 10.1. The molecule has 2 aromatic rings. The van der Waals surface area contributed by atoms with E-state index in [1.807, 2.05) is 31.2 Å². The minimum atomic E-state index is -3.65. The highest BCUT2D eigenvalue weighted by Gasteiger charge is 2.30. The normalized spacial score (nSPS) is 16.5. The predicted molar refractivity (Wildman–Crippen MR) is 98.4 cm³/mol. The topological polar surface area (TPSA) is 75.5 Å². The fraction of sp³-hybridized carbons (Fsp3) is 0.444. The van der Waals surface area contributed by atoms with Gasteiger partial charge in [0.2, 0.25) is 0 Å². The molecule has 0 saturated carbocycles. The Balaban J connectivity index is 1.76. The van der Waals surface area contributed by atoms with Gasteiger partial charge in [-0.25, -0.2) is 13.4 Å². The van der Waals surface area contributed by atoms with Crippen LogP contribution in [0.5, 0.6) is 0 Å². The van der Waals surface area contributed by atoms with Gasteiger partial charge >= 0.3 is 0 Å². The van der Waals surface area contributed by atoms with Crippen molar-refractivity contribution in [1.29, 1.82) is 0 Å². The molecule has 0 aliphatic carbocycles. The average molecular weight is 376 g/mol. The highest BCUT2D eigenvalue weighted by molar-refractivity contribution is 7.89. The highest BCUT2D eigenvalue weighted by Crippen LogP contribution is 2.18. The average Bonchev–Trinajstić information content (AvgIpc) is 2.82. The van der Waals surface area contributed by atoms with Gasteiger partial charge in [-0.2, -0.15) is 4.31 Å². The van der Waals surface area contributed by atoms with Crippen molar-refractivity contribution in [3.63, 3.8) is 0 Å². The largest absolute Gasteiger partial charge is 0.337 e. The van der Waals surface area contributed by atoms with E-state index in [1.165, 1.54) is 10.5 Å². The minimum Gasteiger partial charge on any atom is -0.337 e. The van der Waals surface area contributed by atoms with Crippen molar-refractivity contribution in [2.45, 2.75) is 25.3 Å². The summed E-state index contributed by atoms with van der Waals surface area (Å²) in [6.07, 6.45) is 2.13. The second kappa shape index (κ2) is 7.20. The maximum atomic E-state index is 12.9. The summed E-state index contributed by atoms with van der Waals surface area (Å²) in [4.78, 5) is 18.7. The summed E-state index contributed by atoms with van der Waals surface area (Å²) in [6, 6.07) is 7.47. The number of amides is 1. The number of imidazole rings is 1. The Bertz CT molecular complexity index is 901. The van der Waals surface area contributed by atoms with Gasteiger partial charge in [-0.3, -0.25) is 4.79 Å². The van der Waals surface area contributed by atoms with Crippen molar-refractivity contribution < 1.29 is 13.2 Å². The first-order valence-electron chi connectivity index (χ1n) is 8.65. The third-order valence-electron chi connectivity index (χ3n) is 4.81. The molecule has 1 aromatic heterocycles. The van der Waals surface area contributed by atoms with Gasteiger partial charge in [-0.1, -0.05) is 18.2 Å². The molecule has 2 heterocycles. The van der Waals surface area contributed by atoms with Crippen LogP contribution in [0, 0.1) is 13.8 Å².